The molecule has 0 atom stereocenters. The van der Waals surface area contributed by atoms with Gasteiger partial charge in [0.25, 0.3) is 0 Å². The highest BCUT2D eigenvalue weighted by Crippen LogP contribution is 2.14. The van der Waals surface area contributed by atoms with Gasteiger partial charge in [-0.25, -0.2) is 4.79 Å². The summed E-state index contributed by atoms with van der Waals surface area (Å²) < 4.78 is 0. The molecule has 0 unspecified atom stereocenters. The third kappa shape index (κ3) is 1.58. The molecule has 0 aliphatic carbocycles. The van der Waals surface area contributed by atoms with Gasteiger partial charge in [0.1, 0.15) is 5.69 Å². The molecule has 13 heavy (non-hydrogen) atoms. The van der Waals surface area contributed by atoms with Crippen LogP contribution in [0.1, 0.15) is 21.7 Å². The smallest absolute Gasteiger partial charge is 0.352 e. The Morgan fingerprint density at radius 3 is 2.92 bits per heavy atom. The van der Waals surface area contributed by atoms with E-state index >= 15 is 0 Å². The first kappa shape index (κ1) is 8.31. The van der Waals surface area contributed by atoms with E-state index in [4.69, 9.17) is 5.11 Å². The number of rotatable bonds is 1. The second-order valence-electron chi connectivity index (χ2n) is 3.24. The highest BCUT2D eigenvalue weighted by molar-refractivity contribution is 5.86. The first-order valence-electron chi connectivity index (χ1n) is 4.42. The van der Waals surface area contributed by atoms with Gasteiger partial charge in [0.15, 0.2) is 0 Å². The van der Waals surface area contributed by atoms with E-state index in [9.17, 15) is 4.79 Å². The number of carbonyl (C=O) groups is 1. The lowest BCUT2D eigenvalue weighted by atomic mass is 10.1. The van der Waals surface area contributed by atoms with Gasteiger partial charge in [0.2, 0.25) is 0 Å². The van der Waals surface area contributed by atoms with Crippen LogP contribution >= 0.6 is 0 Å². The molecular formula is C9H12N2O2. The Balaban J connectivity index is 2.32. The molecule has 0 aromatic carbocycles. The molecule has 0 radical (unpaired) electrons. The molecule has 1 aliphatic heterocycles. The van der Waals surface area contributed by atoms with Crippen LogP contribution in [0.2, 0.25) is 0 Å². The number of carboxylic acids is 1. The summed E-state index contributed by atoms with van der Waals surface area (Å²) in [6, 6.07) is 1.74. The molecule has 70 valence electrons. The van der Waals surface area contributed by atoms with E-state index in [1.165, 1.54) is 0 Å². The average molecular weight is 180 g/mol. The van der Waals surface area contributed by atoms with Crippen molar-refractivity contribution in [3.05, 3.63) is 23.0 Å². The number of carboxylic acid groups (broad SMARTS) is 1. The molecule has 0 saturated heterocycles. The van der Waals surface area contributed by atoms with Crippen molar-refractivity contribution in [2.45, 2.75) is 12.8 Å². The normalized spacial score (nSPS) is 16.3. The molecule has 1 aliphatic rings. The van der Waals surface area contributed by atoms with Crippen molar-refractivity contribution in [1.82, 2.24) is 10.3 Å². The lowest BCUT2D eigenvalue weighted by molar-refractivity contribution is 0.0691. The van der Waals surface area contributed by atoms with E-state index in [1.54, 1.807) is 6.07 Å². The number of fused-ring (bicyclic) bond motifs is 1. The largest absolute Gasteiger partial charge is 0.477 e. The summed E-state index contributed by atoms with van der Waals surface area (Å²) in [5, 5.41) is 12.0. The fourth-order valence-electron chi connectivity index (χ4n) is 1.66. The van der Waals surface area contributed by atoms with Crippen LogP contribution in [0.15, 0.2) is 6.07 Å². The summed E-state index contributed by atoms with van der Waals surface area (Å²) in [5.41, 5.74) is 2.52. The minimum absolute atomic E-state index is 0.312. The number of aromatic nitrogens is 1. The van der Waals surface area contributed by atoms with Gasteiger partial charge >= 0.3 is 5.97 Å². The van der Waals surface area contributed by atoms with Crippen molar-refractivity contribution < 1.29 is 9.90 Å². The molecule has 2 heterocycles. The second kappa shape index (κ2) is 3.22. The number of nitrogens with one attached hydrogen (secondary N) is 2. The molecule has 4 heteroatoms. The summed E-state index contributed by atoms with van der Waals surface area (Å²) >= 11 is 0. The van der Waals surface area contributed by atoms with E-state index < -0.39 is 5.97 Å². The zero-order valence-electron chi connectivity index (χ0n) is 7.26. The second-order valence-corrected chi connectivity index (χ2v) is 3.24. The molecule has 0 spiro atoms. The zero-order chi connectivity index (χ0) is 9.26. The quantitative estimate of drug-likeness (QED) is 0.586. The van der Waals surface area contributed by atoms with Crippen LogP contribution in [0, 0.1) is 0 Å². The Bertz CT molecular complexity index is 307. The van der Waals surface area contributed by atoms with Crippen molar-refractivity contribution in [3.8, 4) is 0 Å². The Labute approximate surface area is 76.0 Å². The van der Waals surface area contributed by atoms with Gasteiger partial charge in [-0.05, 0) is 24.6 Å². The van der Waals surface area contributed by atoms with Crippen LogP contribution in [0.5, 0.6) is 0 Å². The maximum absolute atomic E-state index is 10.7. The Morgan fingerprint density at radius 1 is 1.38 bits per heavy atom. The van der Waals surface area contributed by atoms with Gasteiger partial charge in [0.05, 0.1) is 0 Å². The van der Waals surface area contributed by atoms with E-state index in [2.05, 4.69) is 10.3 Å². The summed E-state index contributed by atoms with van der Waals surface area (Å²) in [5.74, 6) is -0.874. The molecule has 1 aromatic heterocycles. The highest BCUT2D eigenvalue weighted by atomic mass is 16.4. The van der Waals surface area contributed by atoms with Gasteiger partial charge in [-0.3, -0.25) is 0 Å². The van der Waals surface area contributed by atoms with Gasteiger partial charge in [-0.15, -0.1) is 0 Å². The van der Waals surface area contributed by atoms with Crippen LogP contribution in [0.25, 0.3) is 0 Å². The summed E-state index contributed by atoms with van der Waals surface area (Å²) in [6.07, 6.45) is 1.81. The SMILES string of the molecule is O=C(O)c1cc2c([nH]1)CCNCC2. The van der Waals surface area contributed by atoms with E-state index in [-0.39, 0.29) is 0 Å². The lowest BCUT2D eigenvalue weighted by Gasteiger charge is -1.95. The van der Waals surface area contributed by atoms with Crippen LogP contribution in [-0.2, 0) is 12.8 Å². The van der Waals surface area contributed by atoms with Crippen molar-refractivity contribution in [2.24, 2.45) is 0 Å². The number of hydrogen-bond donors (Lipinski definition) is 3. The summed E-state index contributed by atoms with van der Waals surface area (Å²) in [4.78, 5) is 13.6. The van der Waals surface area contributed by atoms with Crippen molar-refractivity contribution in [3.63, 3.8) is 0 Å². The van der Waals surface area contributed by atoms with Gasteiger partial charge in [0, 0.05) is 18.7 Å². The number of aromatic carboxylic acids is 1. The van der Waals surface area contributed by atoms with Crippen LogP contribution in [0.3, 0.4) is 0 Å². The Kier molecular flexibility index (Phi) is 2.06. The van der Waals surface area contributed by atoms with Crippen LogP contribution < -0.4 is 5.32 Å². The summed E-state index contributed by atoms with van der Waals surface area (Å²) in [7, 11) is 0. The first-order valence-corrected chi connectivity index (χ1v) is 4.42. The standard InChI is InChI=1S/C9H12N2O2/c12-9(13)8-5-6-1-3-10-4-2-7(6)11-8/h5,10-11H,1-4H2,(H,12,13). The van der Waals surface area contributed by atoms with Crippen molar-refractivity contribution in [2.75, 3.05) is 13.1 Å². The Morgan fingerprint density at radius 2 is 2.15 bits per heavy atom. The monoisotopic (exact) mass is 180 g/mol. The number of H-pyrrole nitrogens is 1. The minimum atomic E-state index is -0.874. The van der Waals surface area contributed by atoms with Gasteiger partial charge < -0.3 is 15.4 Å². The molecule has 4 nitrogen and oxygen atoms in total. The maximum atomic E-state index is 10.7. The third-order valence-electron chi connectivity index (χ3n) is 2.35. The predicted octanol–water partition coefficient (Wildman–Crippen LogP) is 0.401. The van der Waals surface area contributed by atoms with E-state index in [0.29, 0.717) is 5.69 Å². The van der Waals surface area contributed by atoms with Gasteiger partial charge in [-0.1, -0.05) is 0 Å². The molecule has 0 bridgehead atoms. The molecule has 0 saturated carbocycles. The highest BCUT2D eigenvalue weighted by Gasteiger charge is 2.13. The van der Waals surface area contributed by atoms with Crippen LogP contribution in [0.4, 0.5) is 0 Å². The molecule has 0 amide bonds. The average Bonchev–Trinajstić information content (AvgIpc) is 2.38. The fraction of sp³-hybridized carbons (Fsp3) is 0.444. The lowest BCUT2D eigenvalue weighted by Crippen LogP contribution is -2.16. The van der Waals surface area contributed by atoms with E-state index in [0.717, 1.165) is 37.2 Å². The van der Waals surface area contributed by atoms with Crippen molar-refractivity contribution in [1.29, 1.82) is 0 Å². The fourth-order valence-corrected chi connectivity index (χ4v) is 1.66. The first-order chi connectivity index (χ1) is 6.27. The maximum Gasteiger partial charge on any atom is 0.352 e. The Hall–Kier alpha value is -1.29. The topological polar surface area (TPSA) is 65.1 Å². The molecule has 3 N–H and O–H groups in total. The zero-order valence-corrected chi connectivity index (χ0v) is 7.26. The molecular weight excluding hydrogens is 168 g/mol. The van der Waals surface area contributed by atoms with Gasteiger partial charge in [-0.2, -0.15) is 0 Å². The van der Waals surface area contributed by atoms with Crippen LogP contribution in [-0.4, -0.2) is 29.1 Å². The minimum Gasteiger partial charge on any atom is -0.477 e. The number of aromatic amines is 1. The molecule has 1 aromatic rings. The third-order valence-corrected chi connectivity index (χ3v) is 2.35. The molecule has 0 fully saturated rings. The summed E-state index contributed by atoms with van der Waals surface area (Å²) in [6.45, 7) is 1.86. The molecule has 2 rings (SSSR count). The van der Waals surface area contributed by atoms with Crippen molar-refractivity contribution >= 4 is 5.97 Å². The van der Waals surface area contributed by atoms with E-state index in [1.807, 2.05) is 0 Å². The number of hydrogen-bond acceptors (Lipinski definition) is 2. The predicted molar refractivity (Wildman–Crippen MR) is 48.0 cm³/mol.